The summed E-state index contributed by atoms with van der Waals surface area (Å²) < 4.78 is 104. The third-order valence-corrected chi connectivity index (χ3v) is 15.8. The number of ether oxygens (including phenoxy) is 1. The lowest BCUT2D eigenvalue weighted by molar-refractivity contribution is -0.0435. The highest BCUT2D eigenvalue weighted by Gasteiger charge is 2.48. The van der Waals surface area contributed by atoms with Gasteiger partial charge in [0.05, 0.1) is 23.4 Å². The zero-order valence-corrected chi connectivity index (χ0v) is 38.9. The molecule has 0 saturated carbocycles. The summed E-state index contributed by atoms with van der Waals surface area (Å²) in [4.78, 5) is 14.5. The van der Waals surface area contributed by atoms with Gasteiger partial charge in [-0.25, -0.2) is 26.8 Å². The number of hydrogen-bond donors (Lipinski definition) is 2. The molecule has 0 spiro atoms. The number of nitrogens with zero attached hydrogens (tertiary/aromatic N) is 5. The van der Waals surface area contributed by atoms with E-state index in [9.17, 15) is 30.0 Å². The van der Waals surface area contributed by atoms with Gasteiger partial charge in [0.1, 0.15) is 22.8 Å². The average Bonchev–Trinajstić information content (AvgIpc) is 3.27. The smallest absolute Gasteiger partial charge is 0.497 e. The van der Waals surface area contributed by atoms with E-state index < -0.39 is 41.2 Å². The van der Waals surface area contributed by atoms with Crippen molar-refractivity contribution in [3.8, 4) is 16.9 Å². The fourth-order valence-corrected chi connectivity index (χ4v) is 11.3. The summed E-state index contributed by atoms with van der Waals surface area (Å²) in [6, 6.07) is 25.9. The lowest BCUT2D eigenvalue weighted by atomic mass is 9.96. The maximum absolute atomic E-state index is 14.2. The average molecular weight is 959 g/mol. The van der Waals surface area contributed by atoms with Crippen molar-refractivity contribution < 1.29 is 34.7 Å². The predicted octanol–water partition coefficient (Wildman–Crippen LogP) is 8.45. The number of rotatable bonds is 17. The number of sulfonamides is 1. The Morgan fingerprint density at radius 3 is 2.36 bits per heavy atom. The first-order chi connectivity index (χ1) is 30.5. The van der Waals surface area contributed by atoms with E-state index in [4.69, 9.17) is 16.3 Å². The van der Waals surface area contributed by atoms with Crippen LogP contribution in [0.25, 0.3) is 11.1 Å². The molecule has 12 nitrogen and oxygen atoms in total. The standard InChI is InChI=1S/C45H51ClF3N7O5S3/c1-54(2)21-17-34(29-62-37-7-5-4-6-8-37)52-41-16-14-38(26-43(41)63(57,58)45(47,48)49)64(59,60)53-44-40-20-24-56(28-42(40)50-30-51-44)35-18-22-55(23-19-35)27-32-25-36(61-3)13-15-39(32)31-9-11-33(46)12-10-31/h4-16,25-26,30,34-35,52H,17-24,27-29H2,1-3H3,(H,50,51,53). The lowest BCUT2D eigenvalue weighted by Gasteiger charge is -2.40. The molecule has 64 heavy (non-hydrogen) atoms. The van der Waals surface area contributed by atoms with Crippen molar-refractivity contribution in [1.82, 2.24) is 24.7 Å². The SMILES string of the molecule is COc1ccc(-c2ccc(Cl)cc2)c(CN2CCC(N3CCc4c(ncnc4NS(=O)(=O)c4ccc(NC(CCN(C)C)CSc5ccccc5)c(S(=O)(=O)C(F)(F)F)c4)C3)CC2)c1. The Balaban J connectivity index is 1.04. The number of anilines is 2. The number of nitrogens with one attached hydrogen (secondary N) is 2. The molecule has 5 aromatic rings. The Kier molecular flexibility index (Phi) is 15.1. The molecule has 342 valence electrons. The Morgan fingerprint density at radius 1 is 0.938 bits per heavy atom. The van der Waals surface area contributed by atoms with Gasteiger partial charge in [0.25, 0.3) is 19.9 Å². The van der Waals surface area contributed by atoms with Crippen LogP contribution in [0.15, 0.2) is 112 Å². The molecule has 0 radical (unpaired) electrons. The molecule has 4 aromatic carbocycles. The summed E-state index contributed by atoms with van der Waals surface area (Å²) in [7, 11) is -5.25. The highest BCUT2D eigenvalue weighted by molar-refractivity contribution is 7.99. The van der Waals surface area contributed by atoms with Crippen LogP contribution in [0.1, 0.15) is 36.1 Å². The van der Waals surface area contributed by atoms with Gasteiger partial charge in [-0.1, -0.05) is 48.0 Å². The third-order valence-electron chi connectivity index (χ3n) is 11.5. The second-order valence-electron chi connectivity index (χ2n) is 16.2. The molecule has 3 heterocycles. The number of hydrogen-bond acceptors (Lipinski definition) is 12. The van der Waals surface area contributed by atoms with E-state index in [-0.39, 0.29) is 17.5 Å². The molecule has 7 rings (SSSR count). The maximum Gasteiger partial charge on any atom is 0.501 e. The van der Waals surface area contributed by atoms with Crippen molar-refractivity contribution in [3.63, 3.8) is 0 Å². The number of piperidine rings is 1. The molecular formula is C45H51ClF3N7O5S3. The van der Waals surface area contributed by atoms with Gasteiger partial charge in [0.15, 0.2) is 0 Å². The van der Waals surface area contributed by atoms with Crippen LogP contribution in [-0.2, 0) is 39.4 Å². The van der Waals surface area contributed by atoms with Gasteiger partial charge >= 0.3 is 5.51 Å². The third kappa shape index (κ3) is 11.5. The number of fused-ring (bicyclic) bond motifs is 1. The molecule has 19 heteroatoms. The second kappa shape index (κ2) is 20.4. The summed E-state index contributed by atoms with van der Waals surface area (Å²) in [5.41, 5.74) is -1.47. The van der Waals surface area contributed by atoms with Crippen LogP contribution in [0.5, 0.6) is 5.75 Å². The van der Waals surface area contributed by atoms with E-state index in [0.717, 1.165) is 71.9 Å². The quantitative estimate of drug-likeness (QED) is 0.0866. The van der Waals surface area contributed by atoms with Crippen LogP contribution in [0.3, 0.4) is 0 Å². The molecule has 1 atom stereocenters. The lowest BCUT2D eigenvalue weighted by Crippen LogP contribution is -2.46. The number of methoxy groups -OCH3 is 1. The first kappa shape index (κ1) is 47.5. The maximum atomic E-state index is 14.2. The van der Waals surface area contributed by atoms with Gasteiger partial charge in [-0.2, -0.15) is 13.2 Å². The van der Waals surface area contributed by atoms with Crippen molar-refractivity contribution in [2.75, 3.05) is 63.2 Å². The van der Waals surface area contributed by atoms with Gasteiger partial charge < -0.3 is 15.0 Å². The van der Waals surface area contributed by atoms with Crippen molar-refractivity contribution in [2.45, 2.75) is 71.1 Å². The summed E-state index contributed by atoms with van der Waals surface area (Å²) in [5.74, 6) is 1.19. The number of halogens is 4. The normalized spacial score (nSPS) is 16.1. The van der Waals surface area contributed by atoms with Crippen LogP contribution < -0.4 is 14.8 Å². The monoisotopic (exact) mass is 957 g/mol. The first-order valence-electron chi connectivity index (χ1n) is 20.8. The fraction of sp³-hybridized carbons (Fsp3) is 0.378. The molecule has 1 aromatic heterocycles. The highest BCUT2D eigenvalue weighted by Crippen LogP contribution is 2.38. The van der Waals surface area contributed by atoms with Crippen molar-refractivity contribution >= 4 is 54.7 Å². The first-order valence-corrected chi connectivity index (χ1v) is 25.1. The summed E-state index contributed by atoms with van der Waals surface area (Å²) >= 11 is 7.63. The molecule has 1 saturated heterocycles. The molecule has 1 unspecified atom stereocenters. The number of thioether (sulfide) groups is 1. The minimum absolute atomic E-state index is 0.00151. The van der Waals surface area contributed by atoms with E-state index >= 15 is 0 Å². The molecule has 2 N–H and O–H groups in total. The Morgan fingerprint density at radius 2 is 1.67 bits per heavy atom. The molecule has 2 aliphatic heterocycles. The highest BCUT2D eigenvalue weighted by atomic mass is 35.5. The molecule has 0 bridgehead atoms. The van der Waals surface area contributed by atoms with Crippen molar-refractivity contribution in [3.05, 3.63) is 119 Å². The molecular weight excluding hydrogens is 907 g/mol. The minimum Gasteiger partial charge on any atom is -0.497 e. The number of alkyl halides is 3. The Hall–Kier alpha value is -4.43. The van der Waals surface area contributed by atoms with E-state index in [1.54, 1.807) is 7.11 Å². The largest absolute Gasteiger partial charge is 0.501 e. The summed E-state index contributed by atoms with van der Waals surface area (Å²) in [6.45, 7) is 4.11. The van der Waals surface area contributed by atoms with Crippen LogP contribution in [-0.4, -0.2) is 112 Å². The van der Waals surface area contributed by atoms with Crippen LogP contribution in [0.4, 0.5) is 24.7 Å². The molecule has 1 fully saturated rings. The zero-order valence-electron chi connectivity index (χ0n) is 35.7. The van der Waals surface area contributed by atoms with Crippen molar-refractivity contribution in [2.24, 2.45) is 0 Å². The number of aromatic nitrogens is 2. The van der Waals surface area contributed by atoms with E-state index in [1.165, 1.54) is 18.1 Å². The van der Waals surface area contributed by atoms with Gasteiger partial charge in [0, 0.05) is 53.0 Å². The minimum atomic E-state index is -5.99. The van der Waals surface area contributed by atoms with Crippen LogP contribution >= 0.6 is 23.4 Å². The summed E-state index contributed by atoms with van der Waals surface area (Å²) in [5, 5.41) is 3.68. The molecule has 0 aliphatic carbocycles. The van der Waals surface area contributed by atoms with Crippen LogP contribution in [0, 0.1) is 0 Å². The van der Waals surface area contributed by atoms with E-state index in [2.05, 4.69) is 41.9 Å². The number of likely N-dealkylation sites (tertiary alicyclic amines) is 1. The van der Waals surface area contributed by atoms with Gasteiger partial charge in [-0.05, 0) is 131 Å². The van der Waals surface area contributed by atoms with E-state index in [0.29, 0.717) is 60.6 Å². The van der Waals surface area contributed by atoms with Gasteiger partial charge in [0.2, 0.25) is 0 Å². The fourth-order valence-electron chi connectivity index (χ4n) is 8.06. The Labute approximate surface area is 382 Å². The van der Waals surface area contributed by atoms with E-state index in [1.807, 2.05) is 79.7 Å². The zero-order chi connectivity index (χ0) is 45.6. The number of sulfone groups is 1. The molecule has 2 aliphatic rings. The Bertz CT molecular complexity index is 2620. The van der Waals surface area contributed by atoms with Gasteiger partial charge in [-0.3, -0.25) is 14.5 Å². The van der Waals surface area contributed by atoms with Crippen molar-refractivity contribution in [1.29, 1.82) is 0 Å². The predicted molar refractivity (Wildman–Crippen MR) is 246 cm³/mol. The van der Waals surface area contributed by atoms with Gasteiger partial charge in [-0.15, -0.1) is 11.8 Å². The molecule has 0 amide bonds. The topological polar surface area (TPSA) is 137 Å². The second-order valence-corrected chi connectivity index (χ2v) is 21.3. The van der Waals surface area contributed by atoms with Crippen LogP contribution in [0.2, 0.25) is 5.02 Å². The summed E-state index contributed by atoms with van der Waals surface area (Å²) in [6.07, 6.45) is 3.97. The number of benzene rings is 4.